The summed E-state index contributed by atoms with van der Waals surface area (Å²) in [6.45, 7) is 1.55. The third-order valence-electron chi connectivity index (χ3n) is 5.23. The molecule has 2 aliphatic rings. The Balaban J connectivity index is 1.31. The predicted molar refractivity (Wildman–Crippen MR) is 90.9 cm³/mol. The highest BCUT2D eigenvalue weighted by Crippen LogP contribution is 2.31. The molecule has 1 aliphatic carbocycles. The van der Waals surface area contributed by atoms with E-state index in [1.165, 1.54) is 12.1 Å². The van der Waals surface area contributed by atoms with Crippen molar-refractivity contribution in [2.24, 2.45) is 5.92 Å². The molecule has 1 amide bonds. The van der Waals surface area contributed by atoms with E-state index in [9.17, 15) is 9.18 Å². The van der Waals surface area contributed by atoms with Crippen LogP contribution in [0.5, 0.6) is 5.75 Å². The van der Waals surface area contributed by atoms with Crippen LogP contribution in [-0.2, 0) is 11.4 Å². The number of carbonyl (C=O) groups is 1. The van der Waals surface area contributed by atoms with Crippen LogP contribution in [-0.4, -0.2) is 34.0 Å². The van der Waals surface area contributed by atoms with Gasteiger partial charge in [-0.15, -0.1) is 0 Å². The summed E-state index contributed by atoms with van der Waals surface area (Å²) in [5.74, 6) is 1.85. The molecule has 2 heterocycles. The van der Waals surface area contributed by atoms with Gasteiger partial charge in [0.1, 0.15) is 11.6 Å². The Labute approximate surface area is 151 Å². The van der Waals surface area contributed by atoms with Crippen molar-refractivity contribution in [2.75, 3.05) is 13.1 Å². The van der Waals surface area contributed by atoms with E-state index in [-0.39, 0.29) is 30.2 Å². The average molecular weight is 359 g/mol. The molecule has 2 fully saturated rings. The first kappa shape index (κ1) is 17.0. The normalized spacial score (nSPS) is 20.7. The van der Waals surface area contributed by atoms with Crippen molar-refractivity contribution >= 4 is 5.91 Å². The Morgan fingerprint density at radius 2 is 2.00 bits per heavy atom. The molecule has 1 aliphatic heterocycles. The first-order chi connectivity index (χ1) is 12.7. The maximum atomic E-state index is 12.9. The lowest BCUT2D eigenvalue weighted by molar-refractivity contribution is -0.134. The largest absolute Gasteiger partial charge is 0.484 e. The van der Waals surface area contributed by atoms with Gasteiger partial charge < -0.3 is 14.2 Å². The van der Waals surface area contributed by atoms with Gasteiger partial charge in [0.15, 0.2) is 12.4 Å². The number of aromatic nitrogens is 2. The number of amides is 1. The summed E-state index contributed by atoms with van der Waals surface area (Å²) < 4.78 is 23.7. The van der Waals surface area contributed by atoms with Crippen LogP contribution < -0.4 is 4.74 Å². The Morgan fingerprint density at radius 1 is 1.23 bits per heavy atom. The van der Waals surface area contributed by atoms with E-state index in [4.69, 9.17) is 9.26 Å². The predicted octanol–water partition coefficient (Wildman–Crippen LogP) is 3.29. The monoisotopic (exact) mass is 359 g/mol. The van der Waals surface area contributed by atoms with Gasteiger partial charge in [-0.3, -0.25) is 4.79 Å². The second-order valence-electron chi connectivity index (χ2n) is 7.04. The molecule has 0 N–H and O–H groups in total. The lowest BCUT2D eigenvalue weighted by Crippen LogP contribution is -2.33. The Kier molecular flexibility index (Phi) is 4.86. The van der Waals surface area contributed by atoms with Crippen LogP contribution in [0.25, 0.3) is 0 Å². The van der Waals surface area contributed by atoms with Crippen molar-refractivity contribution in [1.82, 2.24) is 15.0 Å². The maximum Gasteiger partial charge on any atom is 0.264 e. The quantitative estimate of drug-likeness (QED) is 0.819. The summed E-state index contributed by atoms with van der Waals surface area (Å²) >= 11 is 0. The van der Waals surface area contributed by atoms with Crippen LogP contribution in [0.4, 0.5) is 4.39 Å². The Hall–Kier alpha value is -2.44. The zero-order valence-electron chi connectivity index (χ0n) is 14.6. The molecule has 2 aromatic rings. The van der Waals surface area contributed by atoms with Crippen molar-refractivity contribution in [3.8, 4) is 5.75 Å². The fourth-order valence-electron chi connectivity index (χ4n) is 3.77. The van der Waals surface area contributed by atoms with Crippen LogP contribution in [0.3, 0.4) is 0 Å². The fraction of sp³-hybridized carbons (Fsp3) is 0.526. The molecule has 1 saturated heterocycles. The topological polar surface area (TPSA) is 68.5 Å². The van der Waals surface area contributed by atoms with Gasteiger partial charge in [0.25, 0.3) is 5.89 Å². The number of hydrogen-bond donors (Lipinski definition) is 0. The van der Waals surface area contributed by atoms with Gasteiger partial charge in [0, 0.05) is 24.9 Å². The number of likely N-dealkylation sites (tertiary alicyclic amines) is 1. The molecular weight excluding hydrogens is 337 g/mol. The fourth-order valence-corrected chi connectivity index (χ4v) is 3.77. The summed E-state index contributed by atoms with van der Waals surface area (Å²) in [6.07, 6.45) is 5.22. The standard InChI is InChI=1S/C19H22FN3O3/c20-15-5-7-16(8-6-15)25-12-17-21-18(22-26-17)14-9-10-23(11-14)19(24)13-3-1-2-4-13/h5-8,13-14H,1-4,9-12H2. The summed E-state index contributed by atoms with van der Waals surface area (Å²) in [4.78, 5) is 18.9. The second-order valence-corrected chi connectivity index (χ2v) is 7.04. The molecule has 1 aromatic carbocycles. The number of nitrogens with zero attached hydrogens (tertiary/aromatic N) is 3. The molecule has 26 heavy (non-hydrogen) atoms. The van der Waals surface area contributed by atoms with Gasteiger partial charge in [0.2, 0.25) is 5.91 Å². The van der Waals surface area contributed by atoms with Crippen molar-refractivity contribution in [3.05, 3.63) is 41.8 Å². The molecule has 0 spiro atoms. The van der Waals surface area contributed by atoms with Gasteiger partial charge in [0.05, 0.1) is 0 Å². The van der Waals surface area contributed by atoms with Crippen molar-refractivity contribution in [2.45, 2.75) is 44.6 Å². The van der Waals surface area contributed by atoms with Crippen molar-refractivity contribution < 1.29 is 18.4 Å². The van der Waals surface area contributed by atoms with Crippen molar-refractivity contribution in [1.29, 1.82) is 0 Å². The minimum Gasteiger partial charge on any atom is -0.484 e. The number of rotatable bonds is 5. The Bertz CT molecular complexity index is 756. The second kappa shape index (κ2) is 7.43. The van der Waals surface area contributed by atoms with Gasteiger partial charge >= 0.3 is 0 Å². The van der Waals surface area contributed by atoms with Gasteiger partial charge in [-0.05, 0) is 43.5 Å². The van der Waals surface area contributed by atoms with E-state index in [0.29, 0.717) is 24.0 Å². The Morgan fingerprint density at radius 3 is 2.77 bits per heavy atom. The maximum absolute atomic E-state index is 12.9. The third kappa shape index (κ3) is 3.71. The van der Waals surface area contributed by atoms with Crippen LogP contribution in [0.2, 0.25) is 0 Å². The van der Waals surface area contributed by atoms with Gasteiger partial charge in [-0.25, -0.2) is 4.39 Å². The van der Waals surface area contributed by atoms with Crippen molar-refractivity contribution in [3.63, 3.8) is 0 Å². The number of ether oxygens (including phenoxy) is 1. The highest BCUT2D eigenvalue weighted by Gasteiger charge is 2.34. The molecule has 0 bridgehead atoms. The van der Waals surface area contributed by atoms with Gasteiger partial charge in [-0.1, -0.05) is 18.0 Å². The van der Waals surface area contributed by atoms with E-state index in [1.54, 1.807) is 12.1 Å². The van der Waals surface area contributed by atoms with Crippen LogP contribution in [0.1, 0.15) is 49.7 Å². The number of benzene rings is 1. The highest BCUT2D eigenvalue weighted by atomic mass is 19.1. The summed E-state index contributed by atoms with van der Waals surface area (Å²) in [5, 5.41) is 4.05. The summed E-state index contributed by atoms with van der Waals surface area (Å²) in [5.41, 5.74) is 0. The molecular formula is C19H22FN3O3. The van der Waals surface area contributed by atoms with E-state index in [1.807, 2.05) is 4.90 Å². The van der Waals surface area contributed by atoms with Crippen LogP contribution in [0.15, 0.2) is 28.8 Å². The van der Waals surface area contributed by atoms with E-state index in [2.05, 4.69) is 10.1 Å². The zero-order chi connectivity index (χ0) is 17.9. The van der Waals surface area contributed by atoms with E-state index in [0.717, 1.165) is 38.6 Å². The minimum atomic E-state index is -0.310. The van der Waals surface area contributed by atoms with E-state index < -0.39 is 0 Å². The number of hydrogen-bond acceptors (Lipinski definition) is 5. The van der Waals surface area contributed by atoms with Crippen LogP contribution >= 0.6 is 0 Å². The average Bonchev–Trinajstić information content (AvgIpc) is 3.41. The molecule has 0 radical (unpaired) electrons. The highest BCUT2D eigenvalue weighted by molar-refractivity contribution is 5.79. The summed E-state index contributed by atoms with van der Waals surface area (Å²) in [6, 6.07) is 5.78. The molecule has 4 rings (SSSR count). The molecule has 1 atom stereocenters. The lowest BCUT2D eigenvalue weighted by atomic mass is 10.1. The molecule has 7 heteroatoms. The van der Waals surface area contributed by atoms with Crippen LogP contribution in [0, 0.1) is 11.7 Å². The third-order valence-corrected chi connectivity index (χ3v) is 5.23. The number of carbonyl (C=O) groups excluding carboxylic acids is 1. The molecule has 1 aromatic heterocycles. The summed E-state index contributed by atoms with van der Waals surface area (Å²) in [7, 11) is 0. The smallest absolute Gasteiger partial charge is 0.264 e. The molecule has 138 valence electrons. The van der Waals surface area contributed by atoms with E-state index >= 15 is 0 Å². The molecule has 1 saturated carbocycles. The first-order valence-electron chi connectivity index (χ1n) is 9.18. The molecule has 6 nitrogen and oxygen atoms in total. The zero-order valence-corrected chi connectivity index (χ0v) is 14.6. The molecule has 1 unspecified atom stereocenters. The number of halogens is 1. The SMILES string of the molecule is O=C(C1CCCC1)N1CCC(c2noc(COc3ccc(F)cc3)n2)C1. The lowest BCUT2D eigenvalue weighted by Gasteiger charge is -2.19. The first-order valence-corrected chi connectivity index (χ1v) is 9.18. The minimum absolute atomic E-state index is 0.115. The van der Waals surface area contributed by atoms with Gasteiger partial charge in [-0.2, -0.15) is 4.98 Å².